The monoisotopic (exact) mass is 320 g/mol. The highest BCUT2D eigenvalue weighted by Gasteiger charge is 2.28. The highest BCUT2D eigenvalue weighted by molar-refractivity contribution is 5.84. The summed E-state index contributed by atoms with van der Waals surface area (Å²) < 4.78 is 5.39. The Morgan fingerprint density at radius 3 is 2.39 bits per heavy atom. The summed E-state index contributed by atoms with van der Waals surface area (Å²) in [6.07, 6.45) is 0.228. The molecule has 1 aromatic carbocycles. The molecule has 0 bridgehead atoms. The van der Waals surface area contributed by atoms with Gasteiger partial charge >= 0.3 is 12.2 Å². The van der Waals surface area contributed by atoms with Crippen LogP contribution >= 0.6 is 0 Å². The molecule has 0 atom stereocenters. The largest absolute Gasteiger partial charge is 0.465 e. The van der Waals surface area contributed by atoms with Crippen LogP contribution in [0.2, 0.25) is 0 Å². The number of carbonyl (C=O) groups is 2. The average molecular weight is 320 g/mol. The highest BCUT2D eigenvalue weighted by atomic mass is 16.6. The van der Waals surface area contributed by atoms with Gasteiger partial charge in [0.25, 0.3) is 0 Å². The van der Waals surface area contributed by atoms with Gasteiger partial charge in [0.15, 0.2) is 0 Å². The first kappa shape index (κ1) is 17.1. The molecule has 0 aliphatic carbocycles. The number of amides is 2. The summed E-state index contributed by atoms with van der Waals surface area (Å²) in [5.41, 5.74) is 1.11. The minimum Gasteiger partial charge on any atom is -0.465 e. The van der Waals surface area contributed by atoms with Gasteiger partial charge in [-0.3, -0.25) is 5.32 Å². The Hall–Kier alpha value is -2.24. The molecule has 1 saturated heterocycles. The summed E-state index contributed by atoms with van der Waals surface area (Å²) in [7, 11) is 0. The van der Waals surface area contributed by atoms with Crippen molar-refractivity contribution >= 4 is 17.9 Å². The number of carbonyl (C=O) groups excluding carboxylic acids is 1. The normalized spacial score (nSPS) is 16.0. The predicted octanol–water partition coefficient (Wildman–Crippen LogP) is 3.89. The fourth-order valence-corrected chi connectivity index (χ4v) is 2.78. The molecule has 0 saturated carbocycles. The quantitative estimate of drug-likeness (QED) is 0.866. The van der Waals surface area contributed by atoms with Crippen LogP contribution in [0.15, 0.2) is 24.3 Å². The summed E-state index contributed by atoms with van der Waals surface area (Å²) in [4.78, 5) is 24.7. The van der Waals surface area contributed by atoms with Crippen LogP contribution in [-0.2, 0) is 4.74 Å². The molecule has 0 radical (unpaired) electrons. The van der Waals surface area contributed by atoms with E-state index < -0.39 is 11.7 Å². The number of likely N-dealkylation sites (tertiary alicyclic amines) is 1. The van der Waals surface area contributed by atoms with E-state index >= 15 is 0 Å². The number of ether oxygens (including phenoxy) is 1. The van der Waals surface area contributed by atoms with E-state index in [9.17, 15) is 9.59 Å². The minimum atomic E-state index is -1.07. The van der Waals surface area contributed by atoms with Gasteiger partial charge in [0.1, 0.15) is 5.60 Å². The van der Waals surface area contributed by atoms with E-state index in [1.807, 2.05) is 39.0 Å². The van der Waals surface area contributed by atoms with Crippen LogP contribution in [0.5, 0.6) is 0 Å². The van der Waals surface area contributed by atoms with E-state index in [1.54, 1.807) is 11.0 Å². The third-order valence-electron chi connectivity index (χ3n) is 3.79. The van der Waals surface area contributed by atoms with Crippen molar-refractivity contribution in [2.24, 2.45) is 0 Å². The summed E-state index contributed by atoms with van der Waals surface area (Å²) in [6.45, 7) is 6.78. The highest BCUT2D eigenvalue weighted by Crippen LogP contribution is 2.33. The van der Waals surface area contributed by atoms with Gasteiger partial charge < -0.3 is 14.7 Å². The fourth-order valence-electron chi connectivity index (χ4n) is 2.78. The molecule has 1 aliphatic heterocycles. The number of anilines is 1. The second-order valence-corrected chi connectivity index (χ2v) is 6.76. The Bertz CT molecular complexity index is 572. The van der Waals surface area contributed by atoms with Crippen molar-refractivity contribution in [2.75, 3.05) is 18.4 Å². The smallest absolute Gasteiger partial charge is 0.410 e. The molecule has 1 aliphatic rings. The van der Waals surface area contributed by atoms with Crippen molar-refractivity contribution in [3.05, 3.63) is 29.8 Å². The van der Waals surface area contributed by atoms with Gasteiger partial charge in [-0.25, -0.2) is 9.59 Å². The molecule has 0 aromatic heterocycles. The zero-order valence-corrected chi connectivity index (χ0v) is 13.8. The lowest BCUT2D eigenvalue weighted by Crippen LogP contribution is -2.41. The number of para-hydroxylation sites is 1. The first-order valence-electron chi connectivity index (χ1n) is 7.83. The molecular weight excluding hydrogens is 296 g/mol. The Balaban J connectivity index is 2.00. The van der Waals surface area contributed by atoms with E-state index in [0.29, 0.717) is 18.8 Å². The number of nitrogens with one attached hydrogen (secondary N) is 1. The third kappa shape index (κ3) is 4.87. The lowest BCUT2D eigenvalue weighted by Gasteiger charge is -2.34. The first-order valence-corrected chi connectivity index (χ1v) is 7.83. The molecule has 2 N–H and O–H groups in total. The topological polar surface area (TPSA) is 78.9 Å². The van der Waals surface area contributed by atoms with Crippen molar-refractivity contribution in [2.45, 2.75) is 45.1 Å². The molecule has 1 heterocycles. The molecule has 0 spiro atoms. The molecule has 0 unspecified atom stereocenters. The molecule has 6 nitrogen and oxygen atoms in total. The Morgan fingerprint density at radius 2 is 1.83 bits per heavy atom. The number of carboxylic acid groups (broad SMARTS) is 1. The minimum absolute atomic E-state index is 0.233. The molecule has 2 amide bonds. The van der Waals surface area contributed by atoms with Crippen LogP contribution < -0.4 is 5.32 Å². The number of benzene rings is 1. The Kier molecular flexibility index (Phi) is 5.13. The van der Waals surface area contributed by atoms with E-state index in [0.717, 1.165) is 18.4 Å². The molecule has 23 heavy (non-hydrogen) atoms. The van der Waals surface area contributed by atoms with Crippen molar-refractivity contribution in [3.63, 3.8) is 0 Å². The maximum absolute atomic E-state index is 12.1. The van der Waals surface area contributed by atoms with Crippen LogP contribution in [0.25, 0.3) is 0 Å². The van der Waals surface area contributed by atoms with Crippen LogP contribution in [0.3, 0.4) is 0 Å². The summed E-state index contributed by atoms with van der Waals surface area (Å²) >= 11 is 0. The number of hydrogen-bond acceptors (Lipinski definition) is 3. The number of piperidine rings is 1. The van der Waals surface area contributed by atoms with Gasteiger partial charge in [0.05, 0.1) is 0 Å². The molecule has 2 rings (SSSR count). The van der Waals surface area contributed by atoms with Gasteiger partial charge in [0, 0.05) is 18.8 Å². The molecule has 6 heteroatoms. The molecule has 1 fully saturated rings. The van der Waals surface area contributed by atoms with E-state index in [-0.39, 0.29) is 12.0 Å². The fraction of sp³-hybridized carbons (Fsp3) is 0.529. The maximum atomic E-state index is 12.1. The first-order chi connectivity index (χ1) is 10.8. The number of hydrogen-bond donors (Lipinski definition) is 2. The second kappa shape index (κ2) is 6.89. The van der Waals surface area contributed by atoms with Gasteiger partial charge in [-0.05, 0) is 51.2 Å². The lowest BCUT2D eigenvalue weighted by atomic mass is 9.88. The van der Waals surface area contributed by atoms with Crippen LogP contribution in [0.4, 0.5) is 15.3 Å². The zero-order valence-electron chi connectivity index (χ0n) is 13.8. The third-order valence-corrected chi connectivity index (χ3v) is 3.79. The van der Waals surface area contributed by atoms with Gasteiger partial charge in [-0.2, -0.15) is 0 Å². The summed E-state index contributed by atoms with van der Waals surface area (Å²) in [5.74, 6) is 0.233. The van der Waals surface area contributed by atoms with Crippen molar-refractivity contribution in [3.8, 4) is 0 Å². The van der Waals surface area contributed by atoms with Gasteiger partial charge in [-0.15, -0.1) is 0 Å². The summed E-state index contributed by atoms with van der Waals surface area (Å²) in [6, 6.07) is 7.43. The van der Waals surface area contributed by atoms with Gasteiger partial charge in [-0.1, -0.05) is 18.2 Å². The SMILES string of the molecule is CC(C)(C)OC(=O)N1CCC(c2ccccc2NC(=O)O)CC1. The Morgan fingerprint density at radius 1 is 1.22 bits per heavy atom. The van der Waals surface area contributed by atoms with E-state index in [2.05, 4.69) is 5.32 Å². The van der Waals surface area contributed by atoms with Gasteiger partial charge in [0.2, 0.25) is 0 Å². The summed E-state index contributed by atoms with van der Waals surface area (Å²) in [5, 5.41) is 11.4. The standard InChI is InChI=1S/C17H24N2O4/c1-17(2,3)23-16(22)19-10-8-12(9-11-19)13-6-4-5-7-14(13)18-15(20)21/h4-7,12,18H,8-11H2,1-3H3,(H,20,21). The average Bonchev–Trinajstić information content (AvgIpc) is 2.45. The van der Waals surface area contributed by atoms with Crippen LogP contribution in [0.1, 0.15) is 45.1 Å². The number of rotatable bonds is 2. The molecular formula is C17H24N2O4. The van der Waals surface area contributed by atoms with Crippen molar-refractivity contribution in [1.82, 2.24) is 4.90 Å². The maximum Gasteiger partial charge on any atom is 0.410 e. The molecule has 126 valence electrons. The van der Waals surface area contributed by atoms with Crippen LogP contribution in [0, 0.1) is 0 Å². The molecule has 1 aromatic rings. The Labute approximate surface area is 136 Å². The number of nitrogens with zero attached hydrogens (tertiary/aromatic N) is 1. The van der Waals surface area contributed by atoms with Crippen molar-refractivity contribution < 1.29 is 19.4 Å². The zero-order chi connectivity index (χ0) is 17.0. The van der Waals surface area contributed by atoms with Crippen molar-refractivity contribution in [1.29, 1.82) is 0 Å². The lowest BCUT2D eigenvalue weighted by molar-refractivity contribution is 0.0205. The van der Waals surface area contributed by atoms with E-state index in [1.165, 1.54) is 0 Å². The van der Waals surface area contributed by atoms with Crippen LogP contribution in [-0.4, -0.2) is 40.9 Å². The predicted molar refractivity (Wildman–Crippen MR) is 87.9 cm³/mol. The van der Waals surface area contributed by atoms with E-state index in [4.69, 9.17) is 9.84 Å². The second-order valence-electron chi connectivity index (χ2n) is 6.76.